The minimum Gasteiger partial charge on any atom is -0.462 e. The number of nitrogen functional groups attached to an aromatic ring is 1. The van der Waals surface area contributed by atoms with Gasteiger partial charge in [-0.25, -0.2) is 4.79 Å². The van der Waals surface area contributed by atoms with Crippen LogP contribution in [0.3, 0.4) is 0 Å². The number of anilines is 1. The van der Waals surface area contributed by atoms with Crippen LogP contribution in [0.1, 0.15) is 28.8 Å². The van der Waals surface area contributed by atoms with Crippen molar-refractivity contribution < 1.29 is 27.4 Å². The fourth-order valence-corrected chi connectivity index (χ4v) is 2.12. The van der Waals surface area contributed by atoms with E-state index < -0.39 is 17.7 Å². The molecular weight excluding hydrogens is 287 g/mol. The van der Waals surface area contributed by atoms with Gasteiger partial charge in [0.1, 0.15) is 0 Å². The van der Waals surface area contributed by atoms with Crippen LogP contribution >= 0.6 is 0 Å². The molecule has 0 saturated carbocycles. The van der Waals surface area contributed by atoms with E-state index in [4.69, 9.17) is 15.2 Å². The molecule has 7 heteroatoms. The number of esters is 1. The summed E-state index contributed by atoms with van der Waals surface area (Å²) in [5.41, 5.74) is 4.14. The minimum atomic E-state index is -4.55. The second kappa shape index (κ2) is 6.34. The number of alkyl halides is 3. The van der Waals surface area contributed by atoms with Gasteiger partial charge in [-0.2, -0.15) is 13.2 Å². The van der Waals surface area contributed by atoms with Crippen molar-refractivity contribution in [1.82, 2.24) is 0 Å². The van der Waals surface area contributed by atoms with E-state index in [-0.39, 0.29) is 23.8 Å². The summed E-state index contributed by atoms with van der Waals surface area (Å²) in [4.78, 5) is 11.8. The molecule has 4 nitrogen and oxygen atoms in total. The van der Waals surface area contributed by atoms with E-state index in [2.05, 4.69) is 0 Å². The summed E-state index contributed by atoms with van der Waals surface area (Å²) < 4.78 is 48.2. The fourth-order valence-electron chi connectivity index (χ4n) is 2.12. The predicted molar refractivity (Wildman–Crippen MR) is 69.7 cm³/mol. The van der Waals surface area contributed by atoms with E-state index in [0.717, 1.165) is 25.0 Å². The van der Waals surface area contributed by atoms with Crippen molar-refractivity contribution in [2.24, 2.45) is 5.92 Å². The maximum absolute atomic E-state index is 12.7. The molecule has 1 aliphatic heterocycles. The van der Waals surface area contributed by atoms with Gasteiger partial charge in [0.25, 0.3) is 0 Å². The molecule has 2 N–H and O–H groups in total. The molecule has 2 rings (SSSR count). The number of carbonyl (C=O) groups excluding carboxylic acids is 1. The Labute approximate surface area is 120 Å². The number of hydrogen-bond acceptors (Lipinski definition) is 4. The summed E-state index contributed by atoms with van der Waals surface area (Å²) in [6.07, 6.45) is -3.00. The summed E-state index contributed by atoms with van der Waals surface area (Å²) in [6, 6.07) is 2.72. The van der Waals surface area contributed by atoms with Crippen LogP contribution in [0.25, 0.3) is 0 Å². The Bertz CT molecular complexity index is 511. The van der Waals surface area contributed by atoms with Crippen molar-refractivity contribution in [3.05, 3.63) is 29.3 Å². The lowest BCUT2D eigenvalue weighted by Gasteiger charge is -2.21. The second-order valence-electron chi connectivity index (χ2n) is 5.00. The van der Waals surface area contributed by atoms with Gasteiger partial charge >= 0.3 is 12.1 Å². The topological polar surface area (TPSA) is 61.6 Å². The zero-order valence-electron chi connectivity index (χ0n) is 11.3. The first-order valence-corrected chi connectivity index (χ1v) is 6.59. The summed E-state index contributed by atoms with van der Waals surface area (Å²) in [6.45, 7) is 1.40. The maximum Gasteiger partial charge on any atom is 0.416 e. The third-order valence-electron chi connectivity index (χ3n) is 3.31. The number of ether oxygens (including phenoxy) is 2. The number of hydrogen-bond donors (Lipinski definition) is 1. The summed E-state index contributed by atoms with van der Waals surface area (Å²) in [5, 5.41) is 0. The normalized spacial score (nSPS) is 16.7. The van der Waals surface area contributed by atoms with Gasteiger partial charge in [0.15, 0.2) is 0 Å². The lowest BCUT2D eigenvalue weighted by atomic mass is 10.0. The zero-order chi connectivity index (χ0) is 15.5. The average molecular weight is 303 g/mol. The van der Waals surface area contributed by atoms with Gasteiger partial charge in [-0.05, 0) is 37.0 Å². The Morgan fingerprint density at radius 3 is 2.57 bits per heavy atom. The van der Waals surface area contributed by atoms with Crippen LogP contribution in [0.5, 0.6) is 0 Å². The van der Waals surface area contributed by atoms with Crippen LogP contribution in [-0.2, 0) is 15.7 Å². The number of benzene rings is 1. The second-order valence-corrected chi connectivity index (χ2v) is 5.00. The largest absolute Gasteiger partial charge is 0.462 e. The molecule has 0 bridgehead atoms. The van der Waals surface area contributed by atoms with Gasteiger partial charge in [0.05, 0.1) is 17.7 Å². The zero-order valence-corrected chi connectivity index (χ0v) is 11.3. The Hall–Kier alpha value is -1.76. The van der Waals surface area contributed by atoms with Gasteiger partial charge in [-0.15, -0.1) is 0 Å². The molecule has 1 saturated heterocycles. The monoisotopic (exact) mass is 303 g/mol. The van der Waals surface area contributed by atoms with Gasteiger partial charge in [0, 0.05) is 18.9 Å². The molecule has 116 valence electrons. The van der Waals surface area contributed by atoms with Crippen LogP contribution in [0.2, 0.25) is 0 Å². The molecule has 0 amide bonds. The van der Waals surface area contributed by atoms with Crippen LogP contribution in [0, 0.1) is 5.92 Å². The third kappa shape index (κ3) is 4.35. The molecule has 1 aliphatic rings. The quantitative estimate of drug-likeness (QED) is 0.689. The summed E-state index contributed by atoms with van der Waals surface area (Å²) in [7, 11) is 0. The molecule has 1 aromatic carbocycles. The highest BCUT2D eigenvalue weighted by Gasteiger charge is 2.32. The van der Waals surface area contributed by atoms with E-state index in [0.29, 0.717) is 13.2 Å². The minimum absolute atomic E-state index is 0.122. The number of rotatable bonds is 3. The smallest absolute Gasteiger partial charge is 0.416 e. The molecule has 1 aromatic rings. The number of carbonyl (C=O) groups is 1. The fraction of sp³-hybridized carbons (Fsp3) is 0.500. The molecule has 0 unspecified atom stereocenters. The first-order chi connectivity index (χ1) is 9.86. The first-order valence-electron chi connectivity index (χ1n) is 6.59. The highest BCUT2D eigenvalue weighted by Crippen LogP contribution is 2.31. The van der Waals surface area contributed by atoms with E-state index in [1.54, 1.807) is 0 Å². The Kier molecular flexibility index (Phi) is 4.72. The van der Waals surface area contributed by atoms with Crippen molar-refractivity contribution in [1.29, 1.82) is 0 Å². The number of nitrogens with two attached hydrogens (primary N) is 1. The predicted octanol–water partition coefficient (Wildman–Crippen LogP) is 2.87. The molecule has 0 aromatic heterocycles. The Balaban J connectivity index is 2.03. The van der Waals surface area contributed by atoms with Crippen molar-refractivity contribution in [2.75, 3.05) is 25.6 Å². The van der Waals surface area contributed by atoms with Gasteiger partial charge in [0.2, 0.25) is 0 Å². The van der Waals surface area contributed by atoms with Gasteiger partial charge in [-0.3, -0.25) is 0 Å². The molecule has 21 heavy (non-hydrogen) atoms. The van der Waals surface area contributed by atoms with E-state index in [1.807, 2.05) is 0 Å². The summed E-state index contributed by atoms with van der Waals surface area (Å²) >= 11 is 0. The highest BCUT2D eigenvalue weighted by atomic mass is 19.4. The Morgan fingerprint density at radius 1 is 1.29 bits per heavy atom. The summed E-state index contributed by atoms with van der Waals surface area (Å²) in [5.74, 6) is -0.606. The first kappa shape index (κ1) is 15.6. The van der Waals surface area contributed by atoms with Crippen LogP contribution in [-0.4, -0.2) is 25.8 Å². The standard InChI is InChI=1S/C14H16F3NO3/c15-14(16,17)11-5-10(6-12(18)7-11)13(19)21-8-9-1-3-20-4-2-9/h5-7,9H,1-4,8,18H2. The van der Waals surface area contributed by atoms with Crippen LogP contribution in [0.15, 0.2) is 18.2 Å². The van der Waals surface area contributed by atoms with E-state index >= 15 is 0 Å². The average Bonchev–Trinajstić information content (AvgIpc) is 2.44. The lowest BCUT2D eigenvalue weighted by molar-refractivity contribution is -0.137. The molecular formula is C14H16F3NO3. The molecule has 0 aliphatic carbocycles. The van der Waals surface area contributed by atoms with Crippen molar-refractivity contribution in [2.45, 2.75) is 19.0 Å². The van der Waals surface area contributed by atoms with Crippen molar-refractivity contribution in [3.8, 4) is 0 Å². The van der Waals surface area contributed by atoms with Crippen LogP contribution < -0.4 is 5.73 Å². The van der Waals surface area contributed by atoms with Crippen molar-refractivity contribution >= 4 is 11.7 Å². The number of halogens is 3. The molecule has 0 atom stereocenters. The molecule has 0 radical (unpaired) electrons. The van der Waals surface area contributed by atoms with Crippen LogP contribution in [0.4, 0.5) is 18.9 Å². The molecule has 1 heterocycles. The Morgan fingerprint density at radius 2 is 1.95 bits per heavy atom. The SMILES string of the molecule is Nc1cc(C(=O)OCC2CCOCC2)cc(C(F)(F)F)c1. The van der Waals surface area contributed by atoms with Gasteiger partial charge in [-0.1, -0.05) is 0 Å². The molecule has 0 spiro atoms. The molecule has 1 fully saturated rings. The maximum atomic E-state index is 12.7. The van der Waals surface area contributed by atoms with Crippen molar-refractivity contribution in [3.63, 3.8) is 0 Å². The van der Waals surface area contributed by atoms with Gasteiger partial charge < -0.3 is 15.2 Å². The lowest BCUT2D eigenvalue weighted by Crippen LogP contribution is -2.22. The highest BCUT2D eigenvalue weighted by molar-refractivity contribution is 5.90. The van der Waals surface area contributed by atoms with E-state index in [1.165, 1.54) is 6.07 Å². The third-order valence-corrected chi connectivity index (χ3v) is 3.31. The van der Waals surface area contributed by atoms with E-state index in [9.17, 15) is 18.0 Å².